The highest BCUT2D eigenvalue weighted by atomic mass is 35.5. The van der Waals surface area contributed by atoms with Crippen LogP contribution in [0.5, 0.6) is 0 Å². The predicted octanol–water partition coefficient (Wildman–Crippen LogP) is 2.35. The molecule has 0 atom stereocenters. The van der Waals surface area contributed by atoms with Crippen LogP contribution in [0.15, 0.2) is 6.07 Å². The minimum atomic E-state index is -0.647. The zero-order chi connectivity index (χ0) is 10.6. The fraction of sp³-hybridized carbons (Fsp3) is 0.286. The summed E-state index contributed by atoms with van der Waals surface area (Å²) in [5.41, 5.74) is 0. The SMILES string of the molecule is CCOC(=O)Nc1nc(Cl)cc(Cl)n1. The molecule has 0 fully saturated rings. The highest BCUT2D eigenvalue weighted by molar-refractivity contribution is 6.33. The molecule has 1 rings (SSSR count). The second kappa shape index (κ2) is 4.97. The van der Waals surface area contributed by atoms with Gasteiger partial charge >= 0.3 is 6.09 Å². The number of amides is 1. The summed E-state index contributed by atoms with van der Waals surface area (Å²) in [7, 11) is 0. The lowest BCUT2D eigenvalue weighted by Gasteiger charge is -2.03. The third kappa shape index (κ3) is 3.35. The summed E-state index contributed by atoms with van der Waals surface area (Å²) in [6, 6.07) is 1.36. The van der Waals surface area contributed by atoms with Crippen LogP contribution in [0.2, 0.25) is 10.3 Å². The first kappa shape index (κ1) is 11.0. The molecular formula is C7H7Cl2N3O2. The number of nitrogens with zero attached hydrogens (tertiary/aromatic N) is 2. The van der Waals surface area contributed by atoms with Gasteiger partial charge in [-0.15, -0.1) is 0 Å². The number of halogens is 2. The molecule has 0 aromatic carbocycles. The van der Waals surface area contributed by atoms with Gasteiger partial charge in [0.2, 0.25) is 5.95 Å². The Morgan fingerprint density at radius 1 is 1.50 bits per heavy atom. The summed E-state index contributed by atoms with van der Waals surface area (Å²) in [4.78, 5) is 18.4. The van der Waals surface area contributed by atoms with E-state index >= 15 is 0 Å². The molecule has 0 unspecified atom stereocenters. The lowest BCUT2D eigenvalue weighted by atomic mass is 10.6. The number of carbonyl (C=O) groups excluding carboxylic acids is 1. The van der Waals surface area contributed by atoms with Gasteiger partial charge in [-0.25, -0.2) is 14.8 Å². The molecule has 0 aliphatic heterocycles. The van der Waals surface area contributed by atoms with E-state index in [-0.39, 0.29) is 22.9 Å². The van der Waals surface area contributed by atoms with E-state index in [0.717, 1.165) is 0 Å². The van der Waals surface area contributed by atoms with E-state index in [2.05, 4.69) is 20.0 Å². The molecule has 0 aliphatic carbocycles. The lowest BCUT2D eigenvalue weighted by Crippen LogP contribution is -2.15. The highest BCUT2D eigenvalue weighted by Gasteiger charge is 2.06. The third-order valence-corrected chi connectivity index (χ3v) is 1.54. The Bertz CT molecular complexity index is 325. The normalized spacial score (nSPS) is 9.64. The van der Waals surface area contributed by atoms with Crippen LogP contribution in [0.1, 0.15) is 6.92 Å². The number of aromatic nitrogens is 2. The molecule has 7 heteroatoms. The fourth-order valence-electron chi connectivity index (χ4n) is 0.705. The first-order valence-electron chi connectivity index (χ1n) is 3.75. The standard InChI is InChI=1S/C7H7Cl2N3O2/c1-2-14-7(13)12-6-10-4(8)3-5(9)11-6/h3H,2H2,1H3,(H,10,11,12,13). The summed E-state index contributed by atoms with van der Waals surface area (Å²) in [6.45, 7) is 1.95. The molecule has 1 aromatic heterocycles. The van der Waals surface area contributed by atoms with Crippen molar-refractivity contribution in [2.45, 2.75) is 6.92 Å². The van der Waals surface area contributed by atoms with Gasteiger partial charge in [0.1, 0.15) is 10.3 Å². The fourth-order valence-corrected chi connectivity index (χ4v) is 1.13. The van der Waals surface area contributed by atoms with Crippen molar-refractivity contribution in [3.8, 4) is 0 Å². The molecule has 0 bridgehead atoms. The second-order valence-electron chi connectivity index (χ2n) is 2.18. The minimum absolute atomic E-state index is 0.0148. The van der Waals surface area contributed by atoms with Crippen molar-refractivity contribution >= 4 is 35.2 Å². The van der Waals surface area contributed by atoms with Crippen molar-refractivity contribution < 1.29 is 9.53 Å². The summed E-state index contributed by atoms with van der Waals surface area (Å²) >= 11 is 11.2. The Hall–Kier alpha value is -1.07. The van der Waals surface area contributed by atoms with Crippen LogP contribution in [0, 0.1) is 0 Å². The van der Waals surface area contributed by atoms with Crippen molar-refractivity contribution in [2.24, 2.45) is 0 Å². The molecule has 1 amide bonds. The van der Waals surface area contributed by atoms with Gasteiger partial charge in [-0.2, -0.15) is 0 Å². The molecule has 1 aromatic rings. The van der Waals surface area contributed by atoms with Gasteiger partial charge in [0.25, 0.3) is 0 Å². The summed E-state index contributed by atoms with van der Waals surface area (Å²) in [6.07, 6.45) is -0.647. The Labute approximate surface area is 90.4 Å². The summed E-state index contributed by atoms with van der Waals surface area (Å²) in [5, 5.41) is 2.57. The molecule has 0 saturated heterocycles. The third-order valence-electron chi connectivity index (χ3n) is 1.15. The van der Waals surface area contributed by atoms with Gasteiger partial charge in [-0.3, -0.25) is 5.32 Å². The zero-order valence-corrected chi connectivity index (χ0v) is 8.76. The Morgan fingerprint density at radius 3 is 2.57 bits per heavy atom. The number of hydrogen-bond donors (Lipinski definition) is 1. The Balaban J connectivity index is 2.71. The van der Waals surface area contributed by atoms with Crippen LogP contribution in [0.3, 0.4) is 0 Å². The monoisotopic (exact) mass is 235 g/mol. The maximum Gasteiger partial charge on any atom is 0.414 e. The lowest BCUT2D eigenvalue weighted by molar-refractivity contribution is 0.167. The Kier molecular flexibility index (Phi) is 3.91. The van der Waals surface area contributed by atoms with Crippen LogP contribution < -0.4 is 5.32 Å². The average Bonchev–Trinajstić information content (AvgIpc) is 2.01. The van der Waals surface area contributed by atoms with Crippen LogP contribution in [-0.2, 0) is 4.74 Å². The highest BCUT2D eigenvalue weighted by Crippen LogP contribution is 2.14. The first-order valence-corrected chi connectivity index (χ1v) is 4.51. The zero-order valence-electron chi connectivity index (χ0n) is 7.25. The van der Waals surface area contributed by atoms with Gasteiger partial charge in [0.05, 0.1) is 6.61 Å². The number of rotatable bonds is 2. The van der Waals surface area contributed by atoms with E-state index < -0.39 is 6.09 Å². The van der Waals surface area contributed by atoms with Crippen molar-refractivity contribution in [1.29, 1.82) is 0 Å². The molecule has 14 heavy (non-hydrogen) atoms. The van der Waals surface area contributed by atoms with Gasteiger partial charge < -0.3 is 4.74 Å². The maximum atomic E-state index is 10.9. The van der Waals surface area contributed by atoms with Crippen LogP contribution >= 0.6 is 23.2 Å². The van der Waals surface area contributed by atoms with Crippen molar-refractivity contribution in [3.63, 3.8) is 0 Å². The number of hydrogen-bond acceptors (Lipinski definition) is 4. The van der Waals surface area contributed by atoms with E-state index in [0.29, 0.717) is 0 Å². The molecule has 1 heterocycles. The molecule has 0 saturated carbocycles. The molecule has 5 nitrogen and oxygen atoms in total. The largest absolute Gasteiger partial charge is 0.450 e. The van der Waals surface area contributed by atoms with Crippen LogP contribution in [0.25, 0.3) is 0 Å². The molecular weight excluding hydrogens is 229 g/mol. The molecule has 0 aliphatic rings. The van der Waals surface area contributed by atoms with E-state index in [1.807, 2.05) is 0 Å². The molecule has 0 spiro atoms. The summed E-state index contributed by atoms with van der Waals surface area (Å²) < 4.78 is 4.61. The Morgan fingerprint density at radius 2 is 2.07 bits per heavy atom. The van der Waals surface area contributed by atoms with Crippen molar-refractivity contribution in [3.05, 3.63) is 16.4 Å². The van der Waals surface area contributed by atoms with Crippen LogP contribution in [0.4, 0.5) is 10.7 Å². The van der Waals surface area contributed by atoms with Gasteiger partial charge in [0.15, 0.2) is 0 Å². The van der Waals surface area contributed by atoms with Crippen molar-refractivity contribution in [1.82, 2.24) is 9.97 Å². The molecule has 1 N–H and O–H groups in total. The van der Waals surface area contributed by atoms with E-state index in [1.165, 1.54) is 6.07 Å². The van der Waals surface area contributed by atoms with Gasteiger partial charge in [-0.1, -0.05) is 23.2 Å². The predicted molar refractivity (Wildman–Crippen MR) is 52.7 cm³/mol. The smallest absolute Gasteiger partial charge is 0.414 e. The van der Waals surface area contributed by atoms with Crippen molar-refractivity contribution in [2.75, 3.05) is 11.9 Å². The number of ether oxygens (including phenoxy) is 1. The molecule has 0 radical (unpaired) electrons. The van der Waals surface area contributed by atoms with E-state index in [1.54, 1.807) is 6.92 Å². The quantitative estimate of drug-likeness (QED) is 0.800. The number of anilines is 1. The summed E-state index contributed by atoms with van der Waals surface area (Å²) in [5.74, 6) is 0.0148. The van der Waals surface area contributed by atoms with Crippen LogP contribution in [-0.4, -0.2) is 22.7 Å². The maximum absolute atomic E-state index is 10.9. The first-order chi connectivity index (χ1) is 6.61. The van der Waals surface area contributed by atoms with E-state index in [9.17, 15) is 4.79 Å². The average molecular weight is 236 g/mol. The second-order valence-corrected chi connectivity index (χ2v) is 2.96. The number of nitrogens with one attached hydrogen (secondary N) is 1. The van der Waals surface area contributed by atoms with Gasteiger partial charge in [0, 0.05) is 6.07 Å². The minimum Gasteiger partial charge on any atom is -0.450 e. The van der Waals surface area contributed by atoms with E-state index in [4.69, 9.17) is 23.2 Å². The topological polar surface area (TPSA) is 64.1 Å². The number of carbonyl (C=O) groups is 1. The van der Waals surface area contributed by atoms with Gasteiger partial charge in [-0.05, 0) is 6.92 Å². The molecule has 76 valence electrons.